The van der Waals surface area contributed by atoms with Crippen LogP contribution >= 0.6 is 0 Å². The lowest BCUT2D eigenvalue weighted by Gasteiger charge is -2.37. The molecule has 0 aromatic rings. The van der Waals surface area contributed by atoms with Gasteiger partial charge >= 0.3 is 5.97 Å². The van der Waals surface area contributed by atoms with E-state index in [1.54, 1.807) is 26.0 Å². The first-order chi connectivity index (χ1) is 11.2. The van der Waals surface area contributed by atoms with Gasteiger partial charge in [-0.25, -0.2) is 4.79 Å². The number of carbonyl (C=O) groups excluding carboxylic acids is 1. The van der Waals surface area contributed by atoms with Crippen LogP contribution in [-0.4, -0.2) is 17.0 Å². The third kappa shape index (κ3) is 5.37. The second-order valence-corrected chi connectivity index (χ2v) is 6.50. The van der Waals surface area contributed by atoms with Gasteiger partial charge < -0.3 is 15.0 Å². The summed E-state index contributed by atoms with van der Waals surface area (Å²) in [5.74, 6) is -2.00. The summed E-state index contributed by atoms with van der Waals surface area (Å²) < 4.78 is 0. The number of aliphatic carboxylic acids is 2. The fourth-order valence-electron chi connectivity index (χ4n) is 2.85. The van der Waals surface area contributed by atoms with Crippen molar-refractivity contribution in [2.75, 3.05) is 0 Å². The maximum Gasteiger partial charge on any atom is 0.328 e. The minimum absolute atomic E-state index is 0.591. The van der Waals surface area contributed by atoms with Crippen molar-refractivity contribution < 1.29 is 19.8 Å². The molecule has 0 heterocycles. The van der Waals surface area contributed by atoms with Crippen molar-refractivity contribution >= 4 is 11.9 Å². The molecule has 24 heavy (non-hydrogen) atoms. The van der Waals surface area contributed by atoms with E-state index in [4.69, 9.17) is 5.11 Å². The van der Waals surface area contributed by atoms with Crippen LogP contribution in [0.3, 0.4) is 0 Å². The van der Waals surface area contributed by atoms with E-state index >= 15 is 0 Å². The van der Waals surface area contributed by atoms with Crippen LogP contribution in [0.2, 0.25) is 0 Å². The molecule has 4 nitrogen and oxygen atoms in total. The molecule has 0 amide bonds. The summed E-state index contributed by atoms with van der Waals surface area (Å²) in [5, 5.41) is 20.2. The summed E-state index contributed by atoms with van der Waals surface area (Å²) in [6.45, 7) is 7.32. The Balaban J connectivity index is 2.94. The number of carboxylic acid groups (broad SMARTS) is 2. The average Bonchev–Trinajstić information content (AvgIpc) is 2.45. The summed E-state index contributed by atoms with van der Waals surface area (Å²) in [4.78, 5) is 22.1. The summed E-state index contributed by atoms with van der Waals surface area (Å²) in [6, 6.07) is 0. The number of rotatable bonds is 6. The number of hydrogen-bond donors (Lipinski definition) is 1. The maximum atomic E-state index is 11.6. The molecule has 4 heteroatoms. The first-order valence-corrected chi connectivity index (χ1v) is 8.03. The van der Waals surface area contributed by atoms with E-state index in [1.807, 2.05) is 32.1 Å². The highest BCUT2D eigenvalue weighted by atomic mass is 16.4. The smallest absolute Gasteiger partial charge is 0.328 e. The molecule has 1 rings (SSSR count). The third-order valence-electron chi connectivity index (χ3n) is 4.32. The van der Waals surface area contributed by atoms with Crippen molar-refractivity contribution in [1.82, 2.24) is 0 Å². The maximum absolute atomic E-state index is 11.6. The summed E-state index contributed by atoms with van der Waals surface area (Å²) >= 11 is 0. The van der Waals surface area contributed by atoms with Crippen molar-refractivity contribution in [2.24, 2.45) is 5.41 Å². The fourth-order valence-corrected chi connectivity index (χ4v) is 2.85. The van der Waals surface area contributed by atoms with Gasteiger partial charge in [0.1, 0.15) is 0 Å². The molecule has 130 valence electrons. The molecule has 0 spiro atoms. The quantitative estimate of drug-likeness (QED) is 0.599. The molecule has 0 bridgehead atoms. The Morgan fingerprint density at radius 2 is 1.88 bits per heavy atom. The zero-order chi connectivity index (χ0) is 18.3. The zero-order valence-electron chi connectivity index (χ0n) is 14.8. The van der Waals surface area contributed by atoms with E-state index < -0.39 is 17.4 Å². The van der Waals surface area contributed by atoms with E-state index in [-0.39, 0.29) is 0 Å². The van der Waals surface area contributed by atoms with Gasteiger partial charge in [0.05, 0.1) is 5.97 Å². The second kappa shape index (κ2) is 8.48. The van der Waals surface area contributed by atoms with Gasteiger partial charge in [-0.15, -0.1) is 0 Å². The lowest BCUT2D eigenvalue weighted by Crippen LogP contribution is -2.42. The van der Waals surface area contributed by atoms with Crippen LogP contribution in [0.5, 0.6) is 0 Å². The average molecular weight is 329 g/mol. The van der Waals surface area contributed by atoms with Gasteiger partial charge in [0, 0.05) is 11.5 Å². The molecule has 0 aromatic carbocycles. The second-order valence-electron chi connectivity index (χ2n) is 6.50. The molecule has 1 aliphatic rings. The summed E-state index contributed by atoms with van der Waals surface area (Å²) in [5.41, 5.74) is 2.57. The molecule has 0 aromatic heterocycles. The number of hydrogen-bond acceptors (Lipinski definition) is 3. The minimum atomic E-state index is -1.03. The molecule has 0 unspecified atom stereocenters. The van der Waals surface area contributed by atoms with Crippen molar-refractivity contribution in [2.45, 2.75) is 47.0 Å². The largest absolute Gasteiger partial charge is 0.549 e. The van der Waals surface area contributed by atoms with Gasteiger partial charge in [0.25, 0.3) is 0 Å². The molecule has 0 fully saturated rings. The molecule has 1 atom stereocenters. The predicted molar refractivity (Wildman–Crippen MR) is 93.1 cm³/mol. The standard InChI is InChI=1S/C20H26O4/c1-14(7-5-8-15(2)13-18(21)22)10-11-17-16(3)9-6-12-20(17,4)19(23)24/h5,7-8,10-11,13H,6,9,12H2,1-4H3,(H,21,22)(H,23,24)/p-1/b8-5+,11-10+,14-7+,15-13+/t20-/m0/s1. The molecular weight excluding hydrogens is 304 g/mol. The Morgan fingerprint density at radius 1 is 1.21 bits per heavy atom. The van der Waals surface area contributed by atoms with Crippen LogP contribution in [0, 0.1) is 5.41 Å². The molecule has 0 saturated heterocycles. The predicted octanol–water partition coefficient (Wildman–Crippen LogP) is 3.33. The minimum Gasteiger partial charge on any atom is -0.549 e. The highest BCUT2D eigenvalue weighted by Crippen LogP contribution is 2.41. The lowest BCUT2D eigenvalue weighted by molar-refractivity contribution is -0.316. The van der Waals surface area contributed by atoms with Gasteiger partial charge in [0.15, 0.2) is 0 Å². The van der Waals surface area contributed by atoms with Gasteiger partial charge in [-0.05, 0) is 51.2 Å². The van der Waals surface area contributed by atoms with Crippen LogP contribution in [0.1, 0.15) is 47.0 Å². The zero-order valence-corrected chi connectivity index (χ0v) is 14.8. The van der Waals surface area contributed by atoms with Crippen molar-refractivity contribution in [3.63, 3.8) is 0 Å². The first kappa shape index (κ1) is 19.7. The molecule has 0 radical (unpaired) electrons. The Bertz CT molecular complexity index is 659. The first-order valence-electron chi connectivity index (χ1n) is 8.03. The third-order valence-corrected chi connectivity index (χ3v) is 4.32. The Labute approximate surface area is 143 Å². The summed E-state index contributed by atoms with van der Waals surface area (Å²) in [7, 11) is 0. The van der Waals surface area contributed by atoms with Crippen molar-refractivity contribution in [3.8, 4) is 0 Å². The number of carboxylic acids is 2. The van der Waals surface area contributed by atoms with E-state index in [0.717, 1.165) is 35.6 Å². The SMILES string of the molecule is CC1=C(/C=C/C(C)=C/C=C/C(C)=C/C(=O)O)[C@@](C)(C(=O)[O-])CCC1. The Morgan fingerprint density at radius 3 is 2.46 bits per heavy atom. The highest BCUT2D eigenvalue weighted by molar-refractivity contribution is 5.81. The van der Waals surface area contributed by atoms with Gasteiger partial charge in [0.2, 0.25) is 0 Å². The van der Waals surface area contributed by atoms with Gasteiger partial charge in [-0.1, -0.05) is 48.5 Å². The molecule has 1 N–H and O–H groups in total. The Kier molecular flexibility index (Phi) is 6.96. The van der Waals surface area contributed by atoms with Crippen LogP contribution < -0.4 is 5.11 Å². The van der Waals surface area contributed by atoms with Crippen molar-refractivity contribution in [1.29, 1.82) is 0 Å². The van der Waals surface area contributed by atoms with E-state index in [9.17, 15) is 14.7 Å². The van der Waals surface area contributed by atoms with Crippen LogP contribution in [0.15, 0.2) is 58.7 Å². The van der Waals surface area contributed by atoms with Crippen molar-refractivity contribution in [3.05, 3.63) is 58.7 Å². The normalized spacial score (nSPS) is 23.3. The number of carbonyl (C=O) groups is 2. The van der Waals surface area contributed by atoms with E-state index in [2.05, 4.69) is 0 Å². The lowest BCUT2D eigenvalue weighted by atomic mass is 9.71. The monoisotopic (exact) mass is 329 g/mol. The topological polar surface area (TPSA) is 77.4 Å². The Hall–Kier alpha value is -2.36. The van der Waals surface area contributed by atoms with Crippen LogP contribution in [-0.2, 0) is 9.59 Å². The van der Waals surface area contributed by atoms with Gasteiger partial charge in [-0.2, -0.15) is 0 Å². The summed E-state index contributed by atoms with van der Waals surface area (Å²) in [6.07, 6.45) is 12.6. The van der Waals surface area contributed by atoms with Gasteiger partial charge in [-0.3, -0.25) is 0 Å². The molecule has 0 saturated carbocycles. The molecule has 0 aliphatic heterocycles. The van der Waals surface area contributed by atoms with Crippen LogP contribution in [0.25, 0.3) is 0 Å². The number of allylic oxidation sites excluding steroid dienone is 8. The van der Waals surface area contributed by atoms with Crippen LogP contribution in [0.4, 0.5) is 0 Å². The van der Waals surface area contributed by atoms with E-state index in [0.29, 0.717) is 12.0 Å². The highest BCUT2D eigenvalue weighted by Gasteiger charge is 2.32. The van der Waals surface area contributed by atoms with E-state index in [1.165, 1.54) is 0 Å². The molecular formula is C20H25O4-. The fraction of sp³-hybridized carbons (Fsp3) is 0.400. The molecule has 1 aliphatic carbocycles.